The molecule has 1 aromatic carbocycles. The molecule has 0 bridgehead atoms. The number of benzene rings is 1. The normalized spacial score (nSPS) is 14.3. The van der Waals surface area contributed by atoms with E-state index in [1.54, 1.807) is 6.07 Å². The van der Waals surface area contributed by atoms with Crippen LogP contribution in [0.4, 0.5) is 0 Å². The average Bonchev–Trinajstić information content (AvgIpc) is 2.78. The molecule has 0 radical (unpaired) electrons. The minimum Gasteiger partial charge on any atom is -0.345 e. The zero-order valence-corrected chi connectivity index (χ0v) is 14.9. The fraction of sp³-hybridized carbons (Fsp3) is 0.500. The Balaban J connectivity index is 1.68. The number of hydrogen-bond acceptors (Lipinski definition) is 3. The molecular formula is C18H23ClN4O. The van der Waals surface area contributed by atoms with E-state index in [1.807, 2.05) is 12.1 Å². The van der Waals surface area contributed by atoms with Crippen LogP contribution in [-0.2, 0) is 19.5 Å². The number of rotatable bonds is 4. The van der Waals surface area contributed by atoms with Crippen LogP contribution in [-0.4, -0.2) is 20.7 Å². The Morgan fingerprint density at radius 1 is 1.29 bits per heavy atom. The molecule has 6 heteroatoms. The summed E-state index contributed by atoms with van der Waals surface area (Å²) in [5, 5.41) is 12.0. The van der Waals surface area contributed by atoms with Crippen LogP contribution in [0.2, 0.25) is 5.02 Å². The topological polar surface area (TPSA) is 59.8 Å². The van der Waals surface area contributed by atoms with Gasteiger partial charge in [-0.15, -0.1) is 10.2 Å². The van der Waals surface area contributed by atoms with E-state index in [9.17, 15) is 4.79 Å². The smallest absolute Gasteiger partial charge is 0.251 e. The molecule has 24 heavy (non-hydrogen) atoms. The number of aromatic nitrogens is 3. The molecular weight excluding hydrogens is 324 g/mol. The number of fused-ring (bicyclic) bond motifs is 1. The predicted octanol–water partition coefficient (Wildman–Crippen LogP) is 3.71. The van der Waals surface area contributed by atoms with Crippen LogP contribution in [0.15, 0.2) is 18.2 Å². The van der Waals surface area contributed by atoms with Crippen LogP contribution >= 0.6 is 11.6 Å². The standard InChI is InChI=1S/C18H23ClN4O/c1-12(2)14-8-7-13(10-15(14)19)18(24)20-11-17-22-21-16-6-4-3-5-9-23(16)17/h7-8,10,12H,3-6,9,11H2,1-2H3,(H,20,24). The Hall–Kier alpha value is -1.88. The summed E-state index contributed by atoms with van der Waals surface area (Å²) in [7, 11) is 0. The SMILES string of the molecule is CC(C)c1ccc(C(=O)NCc2nnc3n2CCCCC3)cc1Cl. The van der Waals surface area contributed by atoms with E-state index in [2.05, 4.69) is 33.9 Å². The summed E-state index contributed by atoms with van der Waals surface area (Å²) < 4.78 is 2.14. The molecule has 1 aromatic heterocycles. The van der Waals surface area contributed by atoms with Gasteiger partial charge in [-0.1, -0.05) is 37.9 Å². The van der Waals surface area contributed by atoms with Crippen molar-refractivity contribution < 1.29 is 4.79 Å². The molecule has 0 saturated heterocycles. The fourth-order valence-electron chi connectivity index (χ4n) is 3.07. The van der Waals surface area contributed by atoms with Gasteiger partial charge in [-0.2, -0.15) is 0 Å². The molecule has 1 aliphatic heterocycles. The van der Waals surface area contributed by atoms with Crippen molar-refractivity contribution in [1.29, 1.82) is 0 Å². The van der Waals surface area contributed by atoms with Crippen molar-refractivity contribution in [3.8, 4) is 0 Å². The third-order valence-corrected chi connectivity index (χ3v) is 4.81. The molecule has 0 saturated carbocycles. The van der Waals surface area contributed by atoms with Crippen LogP contribution < -0.4 is 5.32 Å². The van der Waals surface area contributed by atoms with Crippen LogP contribution in [0, 0.1) is 0 Å². The second kappa shape index (κ2) is 7.34. The van der Waals surface area contributed by atoms with Gasteiger partial charge in [-0.3, -0.25) is 4.79 Å². The molecule has 0 aliphatic carbocycles. The molecule has 0 atom stereocenters. The van der Waals surface area contributed by atoms with E-state index in [0.717, 1.165) is 43.0 Å². The van der Waals surface area contributed by atoms with Gasteiger partial charge in [-0.25, -0.2) is 0 Å². The summed E-state index contributed by atoms with van der Waals surface area (Å²) in [6, 6.07) is 5.47. The number of carbonyl (C=O) groups is 1. The summed E-state index contributed by atoms with van der Waals surface area (Å²) in [4.78, 5) is 12.4. The van der Waals surface area contributed by atoms with E-state index < -0.39 is 0 Å². The quantitative estimate of drug-likeness (QED) is 0.918. The number of halogens is 1. The first-order valence-corrected chi connectivity index (χ1v) is 8.92. The number of nitrogens with zero attached hydrogens (tertiary/aromatic N) is 3. The first-order valence-electron chi connectivity index (χ1n) is 8.55. The molecule has 1 N–H and O–H groups in total. The molecule has 1 aliphatic rings. The van der Waals surface area contributed by atoms with Crippen molar-refractivity contribution in [2.75, 3.05) is 0 Å². The van der Waals surface area contributed by atoms with Crippen LogP contribution in [0.5, 0.6) is 0 Å². The van der Waals surface area contributed by atoms with Gasteiger partial charge in [0.05, 0.1) is 6.54 Å². The van der Waals surface area contributed by atoms with Crippen LogP contribution in [0.3, 0.4) is 0 Å². The monoisotopic (exact) mass is 346 g/mol. The van der Waals surface area contributed by atoms with Gasteiger partial charge < -0.3 is 9.88 Å². The van der Waals surface area contributed by atoms with Crippen molar-refractivity contribution in [1.82, 2.24) is 20.1 Å². The highest BCUT2D eigenvalue weighted by Gasteiger charge is 2.16. The number of aryl methyl sites for hydroxylation is 1. The molecule has 2 aromatic rings. The second-order valence-corrected chi connectivity index (χ2v) is 6.98. The number of hydrogen-bond donors (Lipinski definition) is 1. The van der Waals surface area contributed by atoms with Gasteiger partial charge in [0.15, 0.2) is 5.82 Å². The Kier molecular flexibility index (Phi) is 5.19. The van der Waals surface area contributed by atoms with Gasteiger partial charge in [-0.05, 0) is 36.5 Å². The highest BCUT2D eigenvalue weighted by atomic mass is 35.5. The zero-order valence-electron chi connectivity index (χ0n) is 14.2. The lowest BCUT2D eigenvalue weighted by Gasteiger charge is -2.11. The van der Waals surface area contributed by atoms with Gasteiger partial charge in [0.25, 0.3) is 5.91 Å². The highest BCUT2D eigenvalue weighted by Crippen LogP contribution is 2.25. The van der Waals surface area contributed by atoms with Gasteiger partial charge in [0.2, 0.25) is 0 Å². The van der Waals surface area contributed by atoms with E-state index in [1.165, 1.54) is 6.42 Å². The fourth-order valence-corrected chi connectivity index (χ4v) is 3.47. The van der Waals surface area contributed by atoms with Crippen molar-refractivity contribution in [2.45, 2.75) is 58.5 Å². The Morgan fingerprint density at radius 3 is 2.88 bits per heavy atom. The largest absolute Gasteiger partial charge is 0.345 e. The third-order valence-electron chi connectivity index (χ3n) is 4.48. The highest BCUT2D eigenvalue weighted by molar-refractivity contribution is 6.31. The summed E-state index contributed by atoms with van der Waals surface area (Å²) in [6.45, 7) is 5.48. The molecule has 3 rings (SSSR count). The van der Waals surface area contributed by atoms with Crippen molar-refractivity contribution >= 4 is 17.5 Å². The lowest BCUT2D eigenvalue weighted by molar-refractivity contribution is 0.0949. The molecule has 0 fully saturated rings. The summed E-state index contributed by atoms with van der Waals surface area (Å²) >= 11 is 6.27. The summed E-state index contributed by atoms with van der Waals surface area (Å²) in [6.07, 6.45) is 4.48. The molecule has 0 unspecified atom stereocenters. The van der Waals surface area contributed by atoms with Gasteiger partial charge in [0, 0.05) is 23.6 Å². The Labute approximate surface area is 147 Å². The molecule has 5 nitrogen and oxygen atoms in total. The first kappa shape index (κ1) is 17.0. The number of amides is 1. The first-order chi connectivity index (χ1) is 11.6. The van der Waals surface area contributed by atoms with Gasteiger partial charge >= 0.3 is 0 Å². The van der Waals surface area contributed by atoms with E-state index >= 15 is 0 Å². The third kappa shape index (κ3) is 3.61. The Morgan fingerprint density at radius 2 is 2.12 bits per heavy atom. The lowest BCUT2D eigenvalue weighted by atomic mass is 10.0. The lowest BCUT2D eigenvalue weighted by Crippen LogP contribution is -2.25. The number of carbonyl (C=O) groups excluding carboxylic acids is 1. The minimum atomic E-state index is -0.141. The van der Waals surface area contributed by atoms with E-state index in [4.69, 9.17) is 11.6 Å². The molecule has 128 valence electrons. The summed E-state index contributed by atoms with van der Waals surface area (Å²) in [5.74, 6) is 2.05. The molecule has 0 spiro atoms. The minimum absolute atomic E-state index is 0.141. The Bertz CT molecular complexity index is 739. The maximum atomic E-state index is 12.4. The number of nitrogens with one attached hydrogen (secondary N) is 1. The maximum absolute atomic E-state index is 12.4. The van der Waals surface area contributed by atoms with Crippen LogP contribution in [0.1, 0.15) is 66.6 Å². The predicted molar refractivity (Wildman–Crippen MR) is 94.3 cm³/mol. The van der Waals surface area contributed by atoms with Crippen molar-refractivity contribution in [3.63, 3.8) is 0 Å². The van der Waals surface area contributed by atoms with E-state index in [0.29, 0.717) is 23.0 Å². The van der Waals surface area contributed by atoms with E-state index in [-0.39, 0.29) is 5.91 Å². The molecule has 1 amide bonds. The summed E-state index contributed by atoms with van der Waals surface area (Å²) in [5.41, 5.74) is 1.62. The van der Waals surface area contributed by atoms with Crippen molar-refractivity contribution in [3.05, 3.63) is 46.0 Å². The van der Waals surface area contributed by atoms with Crippen molar-refractivity contribution in [2.24, 2.45) is 0 Å². The average molecular weight is 347 g/mol. The maximum Gasteiger partial charge on any atom is 0.251 e. The molecule has 2 heterocycles. The second-order valence-electron chi connectivity index (χ2n) is 6.57. The van der Waals surface area contributed by atoms with Crippen LogP contribution in [0.25, 0.3) is 0 Å². The van der Waals surface area contributed by atoms with Gasteiger partial charge in [0.1, 0.15) is 5.82 Å². The zero-order chi connectivity index (χ0) is 17.1.